The molecule has 0 atom stereocenters. The zero-order valence-electron chi connectivity index (χ0n) is 13.0. The maximum Gasteiger partial charge on any atom is 0.344 e. The molecule has 0 spiro atoms. The summed E-state index contributed by atoms with van der Waals surface area (Å²) >= 11 is 4.83. The fraction of sp³-hybridized carbons (Fsp3) is 0.176. The minimum Gasteiger partial charge on any atom is -0.482 e. The summed E-state index contributed by atoms with van der Waals surface area (Å²) in [5, 5.41) is 2.71. The van der Waals surface area contributed by atoms with Crippen LogP contribution >= 0.6 is 27.7 Å². The van der Waals surface area contributed by atoms with Gasteiger partial charge in [0.15, 0.2) is 13.2 Å². The Kier molecular flexibility index (Phi) is 7.14. The number of halogens is 1. The Morgan fingerprint density at radius 1 is 1.08 bits per heavy atom. The maximum atomic E-state index is 11.9. The molecule has 2 aromatic rings. The highest BCUT2D eigenvalue weighted by Crippen LogP contribution is 2.24. The molecule has 0 radical (unpaired) electrons. The summed E-state index contributed by atoms with van der Waals surface area (Å²) in [6, 6.07) is 14.5. The predicted octanol–water partition coefficient (Wildman–Crippen LogP) is 3.73. The van der Waals surface area contributed by atoms with Gasteiger partial charge >= 0.3 is 5.97 Å². The molecule has 5 nitrogen and oxygen atoms in total. The Morgan fingerprint density at radius 3 is 2.50 bits per heavy atom. The Morgan fingerprint density at radius 2 is 1.79 bits per heavy atom. The minimum absolute atomic E-state index is 0.254. The van der Waals surface area contributed by atoms with Gasteiger partial charge in [-0.1, -0.05) is 28.1 Å². The van der Waals surface area contributed by atoms with Gasteiger partial charge in [-0.25, -0.2) is 4.79 Å². The van der Waals surface area contributed by atoms with Crippen molar-refractivity contribution in [2.45, 2.75) is 4.90 Å². The van der Waals surface area contributed by atoms with Crippen molar-refractivity contribution in [3.8, 4) is 5.75 Å². The monoisotopic (exact) mass is 409 g/mol. The summed E-state index contributed by atoms with van der Waals surface area (Å²) in [5.74, 6) is -0.451. The number of hydrogen-bond donors (Lipinski definition) is 1. The molecule has 1 N–H and O–H groups in total. The first kappa shape index (κ1) is 18.4. The number of carbonyl (C=O) groups excluding carboxylic acids is 2. The molecule has 0 bridgehead atoms. The van der Waals surface area contributed by atoms with Gasteiger partial charge in [-0.05, 0) is 42.7 Å². The van der Waals surface area contributed by atoms with Gasteiger partial charge in [0, 0.05) is 9.37 Å². The molecule has 1 amide bonds. The lowest BCUT2D eigenvalue weighted by molar-refractivity contribution is -0.149. The van der Waals surface area contributed by atoms with Gasteiger partial charge in [-0.3, -0.25) is 4.79 Å². The summed E-state index contributed by atoms with van der Waals surface area (Å²) in [7, 11) is 0. The van der Waals surface area contributed by atoms with Crippen molar-refractivity contribution < 1.29 is 19.1 Å². The number of para-hydroxylation sites is 1. The van der Waals surface area contributed by atoms with E-state index in [9.17, 15) is 9.59 Å². The molecule has 0 saturated heterocycles. The van der Waals surface area contributed by atoms with Crippen LogP contribution in [0.5, 0.6) is 5.75 Å². The lowest BCUT2D eigenvalue weighted by Crippen LogP contribution is -2.23. The molecule has 0 saturated carbocycles. The molecule has 0 aliphatic rings. The van der Waals surface area contributed by atoms with Gasteiger partial charge < -0.3 is 14.8 Å². The zero-order chi connectivity index (χ0) is 17.4. The van der Waals surface area contributed by atoms with E-state index >= 15 is 0 Å². The average Bonchev–Trinajstić information content (AvgIpc) is 2.60. The summed E-state index contributed by atoms with van der Waals surface area (Å²) in [6.07, 6.45) is 1.92. The molecule has 24 heavy (non-hydrogen) atoms. The molecular weight excluding hydrogens is 394 g/mol. The van der Waals surface area contributed by atoms with E-state index in [1.165, 1.54) is 11.8 Å². The number of thioether (sulfide) groups is 1. The quantitative estimate of drug-likeness (QED) is 0.557. The third-order valence-corrected chi connectivity index (χ3v) is 4.24. The van der Waals surface area contributed by atoms with Crippen LogP contribution in [-0.2, 0) is 14.3 Å². The third kappa shape index (κ3) is 5.90. The van der Waals surface area contributed by atoms with Gasteiger partial charge in [0.05, 0.1) is 5.69 Å². The van der Waals surface area contributed by atoms with Crippen molar-refractivity contribution in [2.75, 3.05) is 24.8 Å². The zero-order valence-corrected chi connectivity index (χ0v) is 15.4. The second-order valence-corrected chi connectivity index (χ2v) is 6.42. The van der Waals surface area contributed by atoms with Crippen LogP contribution in [0.2, 0.25) is 0 Å². The minimum atomic E-state index is -0.605. The first-order chi connectivity index (χ1) is 11.6. The second kappa shape index (κ2) is 9.34. The summed E-state index contributed by atoms with van der Waals surface area (Å²) in [5.41, 5.74) is 0.692. The van der Waals surface area contributed by atoms with Crippen LogP contribution in [0.25, 0.3) is 0 Å². The molecule has 0 aliphatic carbocycles. The van der Waals surface area contributed by atoms with E-state index in [-0.39, 0.29) is 13.2 Å². The number of rotatable bonds is 7. The topological polar surface area (TPSA) is 64.6 Å². The van der Waals surface area contributed by atoms with E-state index in [4.69, 9.17) is 9.47 Å². The number of amides is 1. The maximum absolute atomic E-state index is 11.9. The van der Waals surface area contributed by atoms with Crippen LogP contribution in [-0.4, -0.2) is 31.3 Å². The molecular formula is C17H16BrNO4S. The van der Waals surface area contributed by atoms with E-state index in [1.807, 2.05) is 24.5 Å². The van der Waals surface area contributed by atoms with Gasteiger partial charge in [0.2, 0.25) is 0 Å². The van der Waals surface area contributed by atoms with Crippen LogP contribution in [0, 0.1) is 0 Å². The van der Waals surface area contributed by atoms with Crippen molar-refractivity contribution in [2.24, 2.45) is 0 Å². The molecule has 126 valence electrons. The predicted molar refractivity (Wildman–Crippen MR) is 97.4 cm³/mol. The number of anilines is 1. The number of ether oxygens (including phenoxy) is 2. The highest BCUT2D eigenvalue weighted by Gasteiger charge is 2.10. The van der Waals surface area contributed by atoms with Crippen LogP contribution in [0.1, 0.15) is 0 Å². The standard InChI is InChI=1S/C17H16BrNO4S/c1-24-15-5-3-2-4-14(15)19-16(20)10-23-17(21)11-22-13-8-6-12(18)7-9-13/h2-9H,10-11H2,1H3,(H,19,20). The molecule has 0 unspecified atom stereocenters. The highest BCUT2D eigenvalue weighted by molar-refractivity contribution is 9.10. The van der Waals surface area contributed by atoms with Crippen molar-refractivity contribution in [1.29, 1.82) is 0 Å². The number of benzene rings is 2. The fourth-order valence-corrected chi connectivity index (χ4v) is 2.61. The number of nitrogens with one attached hydrogen (secondary N) is 1. The number of carbonyl (C=O) groups is 2. The normalized spacial score (nSPS) is 10.1. The lowest BCUT2D eigenvalue weighted by Gasteiger charge is -2.10. The van der Waals surface area contributed by atoms with Crippen LogP contribution < -0.4 is 10.1 Å². The first-order valence-corrected chi connectivity index (χ1v) is 9.07. The van der Waals surface area contributed by atoms with Crippen molar-refractivity contribution in [3.63, 3.8) is 0 Å². The van der Waals surface area contributed by atoms with E-state index in [2.05, 4.69) is 21.2 Å². The molecule has 0 aliphatic heterocycles. The Balaban J connectivity index is 1.74. The van der Waals surface area contributed by atoms with Gasteiger partial charge in [0.25, 0.3) is 5.91 Å². The van der Waals surface area contributed by atoms with Gasteiger partial charge in [-0.2, -0.15) is 0 Å². The first-order valence-electron chi connectivity index (χ1n) is 7.05. The van der Waals surface area contributed by atoms with Crippen LogP contribution in [0.4, 0.5) is 5.69 Å². The molecule has 0 heterocycles. The smallest absolute Gasteiger partial charge is 0.344 e. The van der Waals surface area contributed by atoms with Crippen molar-refractivity contribution in [1.82, 2.24) is 0 Å². The lowest BCUT2D eigenvalue weighted by atomic mass is 10.3. The van der Waals surface area contributed by atoms with E-state index < -0.39 is 11.9 Å². The Bertz CT molecular complexity index is 706. The summed E-state index contributed by atoms with van der Waals surface area (Å²) in [4.78, 5) is 24.4. The molecule has 0 fully saturated rings. The van der Waals surface area contributed by atoms with Crippen LogP contribution in [0.15, 0.2) is 57.9 Å². The molecule has 2 rings (SSSR count). The number of hydrogen-bond acceptors (Lipinski definition) is 5. The largest absolute Gasteiger partial charge is 0.482 e. The average molecular weight is 410 g/mol. The van der Waals surface area contributed by atoms with Gasteiger partial charge in [0.1, 0.15) is 5.75 Å². The van der Waals surface area contributed by atoms with E-state index in [1.54, 1.807) is 30.3 Å². The summed E-state index contributed by atoms with van der Waals surface area (Å²) in [6.45, 7) is -0.610. The SMILES string of the molecule is CSc1ccccc1NC(=O)COC(=O)COc1ccc(Br)cc1. The van der Waals surface area contributed by atoms with Gasteiger partial charge in [-0.15, -0.1) is 11.8 Å². The second-order valence-electron chi connectivity index (χ2n) is 4.65. The molecule has 7 heteroatoms. The Labute approximate surface area is 152 Å². The summed E-state index contributed by atoms with van der Waals surface area (Å²) < 4.78 is 11.1. The van der Waals surface area contributed by atoms with E-state index in [0.29, 0.717) is 11.4 Å². The number of esters is 1. The molecule has 0 aromatic heterocycles. The van der Waals surface area contributed by atoms with Crippen molar-refractivity contribution in [3.05, 3.63) is 53.0 Å². The molecule has 2 aromatic carbocycles. The van der Waals surface area contributed by atoms with Crippen LogP contribution in [0.3, 0.4) is 0 Å². The Hall–Kier alpha value is -1.99. The van der Waals surface area contributed by atoms with Crippen molar-refractivity contribution >= 4 is 45.3 Å². The highest BCUT2D eigenvalue weighted by atomic mass is 79.9. The van der Waals surface area contributed by atoms with E-state index in [0.717, 1.165) is 9.37 Å². The fourth-order valence-electron chi connectivity index (χ4n) is 1.79. The third-order valence-electron chi connectivity index (χ3n) is 2.92.